The van der Waals surface area contributed by atoms with E-state index in [-0.39, 0.29) is 0 Å². The third-order valence-electron chi connectivity index (χ3n) is 1.11. The Morgan fingerprint density at radius 2 is 2.00 bits per heavy atom. The van der Waals surface area contributed by atoms with Gasteiger partial charge in [0.25, 0.3) is 0 Å². The van der Waals surface area contributed by atoms with Gasteiger partial charge in [0.15, 0.2) is 0 Å². The smallest absolute Gasteiger partial charge is 0.0461 e. The molecule has 1 rings (SSSR count). The first-order chi connectivity index (χ1) is 2.80. The predicted octanol–water partition coefficient (Wildman–Crippen LogP) is 2.15. The van der Waals surface area contributed by atoms with Crippen LogP contribution in [0, 0.1) is 0 Å². The molecule has 0 unspecified atom stereocenters. The zero-order valence-corrected chi connectivity index (χ0v) is 5.67. The van der Waals surface area contributed by atoms with Gasteiger partial charge in [-0.2, -0.15) is 0 Å². The maximum Gasteiger partial charge on any atom is 0.0461 e. The van der Waals surface area contributed by atoms with E-state index in [2.05, 4.69) is 15.9 Å². The molecule has 0 bridgehead atoms. The number of hydrogen-bond acceptors (Lipinski definition) is 0. The molecule has 0 saturated heterocycles. The van der Waals surface area contributed by atoms with Gasteiger partial charge in [0.2, 0.25) is 0 Å². The molecular formula is C4H6BrCl. The van der Waals surface area contributed by atoms with Crippen molar-refractivity contribution in [3.8, 4) is 0 Å². The first-order valence-corrected chi connectivity index (χ1v) is 3.44. The van der Waals surface area contributed by atoms with Gasteiger partial charge in [-0.05, 0) is 12.8 Å². The highest BCUT2D eigenvalue weighted by molar-refractivity contribution is 9.09. The van der Waals surface area contributed by atoms with E-state index in [1.54, 1.807) is 0 Å². The van der Waals surface area contributed by atoms with Gasteiger partial charge < -0.3 is 0 Å². The summed E-state index contributed by atoms with van der Waals surface area (Å²) in [5, 5.41) is 0.421. The maximum absolute atomic E-state index is 5.65. The Morgan fingerprint density at radius 1 is 1.50 bits per heavy atom. The molecule has 0 nitrogen and oxygen atoms in total. The molecule has 6 heavy (non-hydrogen) atoms. The van der Waals surface area contributed by atoms with Gasteiger partial charge in [-0.3, -0.25) is 0 Å². The van der Waals surface area contributed by atoms with E-state index in [1.807, 2.05) is 0 Å². The maximum atomic E-state index is 5.65. The average molecular weight is 169 g/mol. The number of halogens is 2. The molecule has 0 aromatic carbocycles. The third kappa shape index (κ3) is 0.710. The fraction of sp³-hybridized carbons (Fsp3) is 1.00. The summed E-state index contributed by atoms with van der Waals surface area (Å²) in [7, 11) is 0. The summed E-state index contributed by atoms with van der Waals surface area (Å²) >= 11 is 9.05. The molecule has 0 heterocycles. The van der Waals surface area contributed by atoms with Crippen LogP contribution in [-0.2, 0) is 0 Å². The molecule has 0 amide bonds. The van der Waals surface area contributed by atoms with Gasteiger partial charge in [-0.1, -0.05) is 15.9 Å². The molecule has 0 N–H and O–H groups in total. The number of rotatable bonds is 0. The minimum atomic E-state index is 0.421. The van der Waals surface area contributed by atoms with E-state index >= 15 is 0 Å². The lowest BCUT2D eigenvalue weighted by molar-refractivity contribution is 0.540. The van der Waals surface area contributed by atoms with Crippen molar-refractivity contribution in [2.45, 2.75) is 23.0 Å². The molecule has 1 fully saturated rings. The van der Waals surface area contributed by atoms with Gasteiger partial charge in [-0.15, -0.1) is 11.6 Å². The van der Waals surface area contributed by atoms with Crippen molar-refractivity contribution < 1.29 is 0 Å². The minimum absolute atomic E-state index is 0.421. The van der Waals surface area contributed by atoms with Crippen LogP contribution in [0.4, 0.5) is 0 Å². The fourth-order valence-corrected chi connectivity index (χ4v) is 1.20. The Labute approximate surface area is 51.0 Å². The van der Waals surface area contributed by atoms with Crippen LogP contribution in [0.25, 0.3) is 0 Å². The number of hydrogen-bond donors (Lipinski definition) is 0. The van der Waals surface area contributed by atoms with E-state index in [9.17, 15) is 0 Å². The highest BCUT2D eigenvalue weighted by Gasteiger charge is 2.25. The van der Waals surface area contributed by atoms with Crippen LogP contribution < -0.4 is 0 Å². The van der Waals surface area contributed by atoms with E-state index in [4.69, 9.17) is 11.6 Å². The quantitative estimate of drug-likeness (QED) is 0.488. The van der Waals surface area contributed by atoms with Crippen molar-refractivity contribution in [3.05, 3.63) is 0 Å². The Bertz CT molecular complexity index is 47.5. The normalized spacial score (nSPS) is 45.0. The molecule has 1 saturated carbocycles. The minimum Gasteiger partial charge on any atom is -0.122 e. The molecule has 1 aliphatic carbocycles. The standard InChI is InChI=1S/C4H6BrCl/c5-3-1-2-4(3)6/h3-4H,1-2H2/t3-,4-/m1/s1. The van der Waals surface area contributed by atoms with Crippen LogP contribution in [0.15, 0.2) is 0 Å². The average Bonchev–Trinajstić information content (AvgIpc) is 1.61. The topological polar surface area (TPSA) is 0 Å². The summed E-state index contributed by atoms with van der Waals surface area (Å²) in [4.78, 5) is 0.610. The molecule has 36 valence electrons. The zero-order chi connectivity index (χ0) is 4.57. The van der Waals surface area contributed by atoms with Crippen molar-refractivity contribution in [1.29, 1.82) is 0 Å². The molecule has 1 aliphatic rings. The second-order valence-electron chi connectivity index (χ2n) is 1.61. The van der Waals surface area contributed by atoms with Crippen LogP contribution >= 0.6 is 27.5 Å². The van der Waals surface area contributed by atoms with Crippen LogP contribution in [-0.4, -0.2) is 10.2 Å². The summed E-state index contributed by atoms with van der Waals surface area (Å²) < 4.78 is 0. The van der Waals surface area contributed by atoms with E-state index in [0.717, 1.165) is 0 Å². The van der Waals surface area contributed by atoms with Crippen molar-refractivity contribution in [3.63, 3.8) is 0 Å². The number of alkyl halides is 2. The second-order valence-corrected chi connectivity index (χ2v) is 3.35. The van der Waals surface area contributed by atoms with Crippen molar-refractivity contribution in [1.82, 2.24) is 0 Å². The van der Waals surface area contributed by atoms with Gasteiger partial charge >= 0.3 is 0 Å². The Balaban J connectivity index is 2.20. The Morgan fingerprint density at radius 3 is 2.00 bits per heavy atom. The SMILES string of the molecule is Cl[C@@H]1CC[C@H]1Br. The van der Waals surface area contributed by atoms with Crippen LogP contribution in [0.3, 0.4) is 0 Å². The van der Waals surface area contributed by atoms with Gasteiger partial charge in [0.1, 0.15) is 0 Å². The zero-order valence-electron chi connectivity index (χ0n) is 3.32. The predicted molar refractivity (Wildman–Crippen MR) is 31.6 cm³/mol. The van der Waals surface area contributed by atoms with Gasteiger partial charge in [-0.25, -0.2) is 0 Å². The monoisotopic (exact) mass is 168 g/mol. The molecule has 2 atom stereocenters. The summed E-state index contributed by atoms with van der Waals surface area (Å²) in [5.74, 6) is 0. The first kappa shape index (κ1) is 4.92. The summed E-state index contributed by atoms with van der Waals surface area (Å²) in [6.07, 6.45) is 2.45. The van der Waals surface area contributed by atoms with Crippen molar-refractivity contribution in [2.24, 2.45) is 0 Å². The molecule has 0 radical (unpaired) electrons. The second kappa shape index (κ2) is 1.71. The summed E-state index contributed by atoms with van der Waals surface area (Å²) in [6.45, 7) is 0. The highest BCUT2D eigenvalue weighted by Crippen LogP contribution is 2.31. The molecule has 0 spiro atoms. The highest BCUT2D eigenvalue weighted by atomic mass is 79.9. The lowest BCUT2D eigenvalue weighted by Crippen LogP contribution is -2.25. The van der Waals surface area contributed by atoms with E-state index in [0.29, 0.717) is 10.2 Å². The van der Waals surface area contributed by atoms with E-state index < -0.39 is 0 Å². The summed E-state index contributed by atoms with van der Waals surface area (Å²) in [5.41, 5.74) is 0. The molecular weight excluding hydrogens is 163 g/mol. The lowest BCUT2D eigenvalue weighted by atomic mass is 10.00. The van der Waals surface area contributed by atoms with Crippen LogP contribution in [0.2, 0.25) is 0 Å². The Kier molecular flexibility index (Phi) is 1.40. The third-order valence-corrected chi connectivity index (χ3v) is 3.03. The lowest BCUT2D eigenvalue weighted by Gasteiger charge is -2.25. The van der Waals surface area contributed by atoms with E-state index in [1.165, 1.54) is 12.8 Å². The molecule has 0 aliphatic heterocycles. The summed E-state index contributed by atoms with van der Waals surface area (Å²) in [6, 6.07) is 0. The first-order valence-electron chi connectivity index (χ1n) is 2.09. The van der Waals surface area contributed by atoms with Gasteiger partial charge in [0.05, 0.1) is 0 Å². The van der Waals surface area contributed by atoms with Gasteiger partial charge in [0, 0.05) is 10.2 Å². The van der Waals surface area contributed by atoms with Crippen LogP contribution in [0.5, 0.6) is 0 Å². The Hall–Kier alpha value is 0.770. The molecule has 2 heteroatoms. The van der Waals surface area contributed by atoms with Crippen molar-refractivity contribution in [2.75, 3.05) is 0 Å². The van der Waals surface area contributed by atoms with Crippen LogP contribution in [0.1, 0.15) is 12.8 Å². The largest absolute Gasteiger partial charge is 0.122 e. The molecule has 0 aromatic rings. The van der Waals surface area contributed by atoms with Crippen molar-refractivity contribution >= 4 is 27.5 Å². The fourth-order valence-electron chi connectivity index (χ4n) is 0.419. The molecule has 0 aromatic heterocycles.